The van der Waals surface area contributed by atoms with Crippen LogP contribution in [0.3, 0.4) is 0 Å². The molecule has 8 heteroatoms. The third-order valence-corrected chi connectivity index (χ3v) is 6.48. The Morgan fingerprint density at radius 1 is 1.00 bits per heavy atom. The van der Waals surface area contributed by atoms with Crippen LogP contribution in [-0.4, -0.2) is 21.9 Å². The third kappa shape index (κ3) is 4.74. The summed E-state index contributed by atoms with van der Waals surface area (Å²) >= 11 is 1.08. The number of hydrogen-bond acceptors (Lipinski definition) is 3. The van der Waals surface area contributed by atoms with E-state index >= 15 is 0 Å². The first kappa shape index (κ1) is 24.3. The molecule has 4 aromatic rings. The van der Waals surface area contributed by atoms with Crippen molar-refractivity contribution in [2.75, 3.05) is 6.26 Å². The molecule has 3 aromatic carbocycles. The monoisotopic (exact) mass is 495 g/mol. The maximum Gasteiger partial charge on any atom is 0.416 e. The fourth-order valence-corrected chi connectivity index (χ4v) is 4.97. The van der Waals surface area contributed by atoms with Crippen LogP contribution in [0.5, 0.6) is 0 Å². The summed E-state index contributed by atoms with van der Waals surface area (Å²) in [4.78, 5) is 24.7. The van der Waals surface area contributed by atoms with Gasteiger partial charge < -0.3 is 5.11 Å². The molecule has 0 aliphatic heterocycles. The van der Waals surface area contributed by atoms with E-state index in [1.54, 1.807) is 6.26 Å². The Balaban J connectivity index is 2.03. The first-order valence-electron chi connectivity index (χ1n) is 10.5. The number of carbonyl (C=O) groups is 1. The van der Waals surface area contributed by atoms with Crippen LogP contribution in [0.2, 0.25) is 0 Å². The predicted molar refractivity (Wildman–Crippen MR) is 133 cm³/mol. The molecule has 1 heterocycles. The minimum Gasteiger partial charge on any atom is -0.477 e. The molecule has 0 radical (unpaired) electrons. The standard InChI is InChI=1S/C27H20F3NO3S/c1-16(26(33)34)31-23(32)15-20(13-18-9-5-8-17-7-3-4-12-22(17)18)24(25(31)35-2)19-10-6-11-21(14-19)27(28,29)30/h3-12,14-15H,1,13H2,2H3,(H,33,34). The van der Waals surface area contributed by atoms with Crippen LogP contribution in [-0.2, 0) is 17.4 Å². The van der Waals surface area contributed by atoms with Crippen LogP contribution in [0.25, 0.3) is 27.6 Å². The van der Waals surface area contributed by atoms with Gasteiger partial charge >= 0.3 is 12.1 Å². The topological polar surface area (TPSA) is 59.3 Å². The summed E-state index contributed by atoms with van der Waals surface area (Å²) in [5.74, 6) is -1.40. The minimum absolute atomic E-state index is 0.208. The Bertz CT molecular complexity index is 1520. The molecular formula is C27H20F3NO3S. The van der Waals surface area contributed by atoms with E-state index in [9.17, 15) is 27.9 Å². The average Bonchev–Trinajstić information content (AvgIpc) is 2.83. The first-order valence-corrected chi connectivity index (χ1v) is 11.7. The Hall–Kier alpha value is -3.78. The fourth-order valence-electron chi connectivity index (χ4n) is 4.13. The van der Waals surface area contributed by atoms with Crippen molar-refractivity contribution in [3.63, 3.8) is 0 Å². The highest BCUT2D eigenvalue weighted by molar-refractivity contribution is 7.98. The Labute approximate surface area is 203 Å². The highest BCUT2D eigenvalue weighted by atomic mass is 32.2. The molecule has 4 nitrogen and oxygen atoms in total. The van der Waals surface area contributed by atoms with Crippen LogP contribution >= 0.6 is 11.8 Å². The van der Waals surface area contributed by atoms with E-state index in [0.717, 1.165) is 44.8 Å². The number of alkyl halides is 3. The summed E-state index contributed by atoms with van der Waals surface area (Å²) in [7, 11) is 0. The van der Waals surface area contributed by atoms with E-state index in [4.69, 9.17) is 0 Å². The molecule has 4 rings (SSSR count). The number of fused-ring (bicyclic) bond motifs is 1. The van der Waals surface area contributed by atoms with Gasteiger partial charge in [-0.15, -0.1) is 11.8 Å². The van der Waals surface area contributed by atoms with Crippen molar-refractivity contribution in [3.8, 4) is 11.1 Å². The van der Waals surface area contributed by atoms with Crippen LogP contribution < -0.4 is 5.56 Å². The molecule has 0 saturated carbocycles. The molecule has 0 fully saturated rings. The molecule has 178 valence electrons. The van der Waals surface area contributed by atoms with E-state index in [1.807, 2.05) is 42.5 Å². The van der Waals surface area contributed by atoms with Gasteiger partial charge in [0, 0.05) is 11.6 Å². The SMILES string of the molecule is C=C(C(=O)O)n1c(SC)c(-c2cccc(C(F)(F)F)c2)c(Cc2cccc3ccccc23)cc1=O. The normalized spacial score (nSPS) is 11.5. The zero-order valence-corrected chi connectivity index (χ0v) is 19.4. The minimum atomic E-state index is -4.57. The summed E-state index contributed by atoms with van der Waals surface area (Å²) in [6, 6.07) is 19.5. The van der Waals surface area contributed by atoms with Crippen molar-refractivity contribution in [1.82, 2.24) is 4.57 Å². The lowest BCUT2D eigenvalue weighted by Crippen LogP contribution is -2.25. The molecular weight excluding hydrogens is 475 g/mol. The molecule has 35 heavy (non-hydrogen) atoms. The second kappa shape index (κ2) is 9.46. The zero-order valence-electron chi connectivity index (χ0n) is 18.6. The molecule has 1 aromatic heterocycles. The fraction of sp³-hybridized carbons (Fsp3) is 0.111. The number of carboxylic acid groups (broad SMARTS) is 1. The van der Waals surface area contributed by atoms with E-state index in [-0.39, 0.29) is 17.0 Å². The third-order valence-electron chi connectivity index (χ3n) is 5.71. The van der Waals surface area contributed by atoms with Gasteiger partial charge in [0.15, 0.2) is 0 Å². The lowest BCUT2D eigenvalue weighted by Gasteiger charge is -2.20. The van der Waals surface area contributed by atoms with Gasteiger partial charge in [-0.2, -0.15) is 13.2 Å². The Kier molecular flexibility index (Phi) is 6.58. The predicted octanol–water partition coefficient (Wildman–Crippen LogP) is 6.56. The Morgan fingerprint density at radius 3 is 2.37 bits per heavy atom. The summed E-state index contributed by atoms with van der Waals surface area (Å²) in [6.07, 6.45) is -2.67. The smallest absolute Gasteiger partial charge is 0.416 e. The summed E-state index contributed by atoms with van der Waals surface area (Å²) in [5, 5.41) is 11.6. The van der Waals surface area contributed by atoms with Crippen molar-refractivity contribution >= 4 is 34.2 Å². The van der Waals surface area contributed by atoms with E-state index in [2.05, 4.69) is 6.58 Å². The van der Waals surface area contributed by atoms with Gasteiger partial charge in [0.25, 0.3) is 5.56 Å². The molecule has 0 aliphatic rings. The van der Waals surface area contributed by atoms with Gasteiger partial charge in [-0.05, 0) is 52.3 Å². The lowest BCUT2D eigenvalue weighted by molar-refractivity contribution is -0.137. The van der Waals surface area contributed by atoms with E-state index < -0.39 is 29.0 Å². The quantitative estimate of drug-likeness (QED) is 0.243. The number of pyridine rings is 1. The second-order valence-electron chi connectivity index (χ2n) is 7.87. The Morgan fingerprint density at radius 2 is 1.69 bits per heavy atom. The number of benzene rings is 3. The van der Waals surface area contributed by atoms with Gasteiger partial charge in [-0.1, -0.05) is 61.2 Å². The van der Waals surface area contributed by atoms with Gasteiger partial charge in [0.2, 0.25) is 0 Å². The lowest BCUT2D eigenvalue weighted by atomic mass is 9.93. The molecule has 0 amide bonds. The molecule has 0 spiro atoms. The summed E-state index contributed by atoms with van der Waals surface area (Å²) in [6.45, 7) is 3.51. The van der Waals surface area contributed by atoms with Gasteiger partial charge in [0.05, 0.1) is 10.6 Å². The maximum atomic E-state index is 13.5. The molecule has 0 saturated heterocycles. The highest BCUT2D eigenvalue weighted by Gasteiger charge is 2.31. The molecule has 0 unspecified atom stereocenters. The van der Waals surface area contributed by atoms with E-state index in [1.165, 1.54) is 18.2 Å². The molecule has 0 atom stereocenters. The van der Waals surface area contributed by atoms with Gasteiger partial charge in [-0.25, -0.2) is 4.79 Å². The number of carboxylic acids is 1. The van der Waals surface area contributed by atoms with Gasteiger partial charge in [0.1, 0.15) is 5.70 Å². The van der Waals surface area contributed by atoms with Crippen molar-refractivity contribution in [2.24, 2.45) is 0 Å². The average molecular weight is 496 g/mol. The summed E-state index contributed by atoms with van der Waals surface area (Å²) < 4.78 is 41.5. The van der Waals surface area contributed by atoms with Crippen molar-refractivity contribution in [3.05, 3.63) is 106 Å². The molecule has 1 N–H and O–H groups in total. The first-order chi connectivity index (χ1) is 16.6. The number of nitrogens with zero attached hydrogens (tertiary/aromatic N) is 1. The maximum absolute atomic E-state index is 13.5. The van der Waals surface area contributed by atoms with Crippen molar-refractivity contribution in [1.29, 1.82) is 0 Å². The van der Waals surface area contributed by atoms with Crippen molar-refractivity contribution in [2.45, 2.75) is 17.6 Å². The number of aromatic nitrogens is 1. The largest absolute Gasteiger partial charge is 0.477 e. The van der Waals surface area contributed by atoms with E-state index in [0.29, 0.717) is 11.1 Å². The zero-order chi connectivity index (χ0) is 25.3. The summed E-state index contributed by atoms with van der Waals surface area (Å²) in [5.41, 5.74) is 0.0249. The number of hydrogen-bond donors (Lipinski definition) is 1. The number of halogens is 3. The van der Waals surface area contributed by atoms with Crippen molar-refractivity contribution < 1.29 is 23.1 Å². The number of thioether (sulfide) groups is 1. The molecule has 0 bridgehead atoms. The van der Waals surface area contributed by atoms with Crippen LogP contribution in [0, 0.1) is 0 Å². The second-order valence-corrected chi connectivity index (χ2v) is 8.67. The van der Waals surface area contributed by atoms with Crippen LogP contribution in [0.15, 0.2) is 89.2 Å². The number of rotatable bonds is 6. The van der Waals surface area contributed by atoms with Crippen LogP contribution in [0.4, 0.5) is 13.2 Å². The number of aliphatic carboxylic acids is 1. The van der Waals surface area contributed by atoms with Crippen LogP contribution in [0.1, 0.15) is 16.7 Å². The van der Waals surface area contributed by atoms with Gasteiger partial charge in [-0.3, -0.25) is 9.36 Å². The highest BCUT2D eigenvalue weighted by Crippen LogP contribution is 2.38. The molecule has 0 aliphatic carbocycles.